The van der Waals surface area contributed by atoms with Crippen LogP contribution in [0, 0.1) is 35.3 Å². The molecule has 2 aromatic carbocycles. The van der Waals surface area contributed by atoms with Crippen LogP contribution < -0.4 is 4.74 Å². The van der Waals surface area contributed by atoms with Gasteiger partial charge in [0, 0.05) is 5.56 Å². The molecule has 3 fully saturated rings. The summed E-state index contributed by atoms with van der Waals surface area (Å²) in [5.74, 6) is -1.63. The molecule has 256 valence electrons. The number of ether oxygens (including phenoxy) is 2. The van der Waals surface area contributed by atoms with E-state index < -0.39 is 35.8 Å². The number of halogens is 7. The second-order valence-electron chi connectivity index (χ2n) is 14.0. The largest absolute Gasteiger partial charge is 0.573 e. The molecule has 5 rings (SSSR count). The van der Waals surface area contributed by atoms with Crippen LogP contribution in [0.1, 0.15) is 121 Å². The Labute approximate surface area is 268 Å². The first-order valence-corrected chi connectivity index (χ1v) is 17.3. The SMILES string of the molecule is CCCCCC1CCC(C(F)(F)OC2CCC(C3CCC(c4ccc(-c5ccc(OC(F)(F)F)c(F)c5)c(F)c4)CC3)CC2)CC1. The molecule has 0 heterocycles. The van der Waals surface area contributed by atoms with Crippen LogP contribution in [0.2, 0.25) is 0 Å². The van der Waals surface area contributed by atoms with Crippen molar-refractivity contribution in [2.75, 3.05) is 0 Å². The number of hydrogen-bond donors (Lipinski definition) is 0. The maximum atomic E-state index is 15.1. The molecule has 0 amide bonds. The lowest BCUT2D eigenvalue weighted by atomic mass is 9.69. The summed E-state index contributed by atoms with van der Waals surface area (Å²) in [6.07, 6.45) is 6.12. The zero-order chi connectivity index (χ0) is 32.9. The first-order chi connectivity index (χ1) is 21.9. The number of alkyl halides is 5. The second kappa shape index (κ2) is 15.3. The van der Waals surface area contributed by atoms with Gasteiger partial charge >= 0.3 is 12.5 Å². The normalized spacial score (nSPS) is 27.8. The van der Waals surface area contributed by atoms with Crippen molar-refractivity contribution < 1.29 is 40.2 Å². The van der Waals surface area contributed by atoms with Gasteiger partial charge in [-0.2, -0.15) is 8.78 Å². The predicted octanol–water partition coefficient (Wildman–Crippen LogP) is 12.4. The Bertz CT molecular complexity index is 1250. The van der Waals surface area contributed by atoms with Crippen molar-refractivity contribution in [1.82, 2.24) is 0 Å². The Hall–Kier alpha value is -2.29. The highest BCUT2D eigenvalue weighted by atomic mass is 19.4. The monoisotopic (exact) mass is 656 g/mol. The summed E-state index contributed by atoms with van der Waals surface area (Å²) in [5, 5.41) is 0. The molecule has 3 aliphatic rings. The summed E-state index contributed by atoms with van der Waals surface area (Å²) < 4.78 is 106. The highest BCUT2D eigenvalue weighted by molar-refractivity contribution is 5.65. The molecule has 0 aromatic heterocycles. The number of rotatable bonds is 11. The molecule has 0 atom stereocenters. The third-order valence-electron chi connectivity index (χ3n) is 11.0. The molecule has 0 radical (unpaired) electrons. The van der Waals surface area contributed by atoms with E-state index in [0.29, 0.717) is 43.4 Å². The third kappa shape index (κ3) is 9.19. The summed E-state index contributed by atoms with van der Waals surface area (Å²) in [5.41, 5.74) is 1.09. The van der Waals surface area contributed by atoms with Gasteiger partial charge in [-0.15, -0.1) is 13.2 Å². The lowest BCUT2D eigenvalue weighted by molar-refractivity contribution is -0.302. The lowest BCUT2D eigenvalue weighted by Gasteiger charge is -2.40. The van der Waals surface area contributed by atoms with Gasteiger partial charge < -0.3 is 9.47 Å². The summed E-state index contributed by atoms with van der Waals surface area (Å²) in [4.78, 5) is 0. The smallest absolute Gasteiger partial charge is 0.403 e. The lowest BCUT2D eigenvalue weighted by Crippen LogP contribution is -2.39. The van der Waals surface area contributed by atoms with Gasteiger partial charge in [-0.3, -0.25) is 0 Å². The first kappa shape index (κ1) is 35.0. The summed E-state index contributed by atoms with van der Waals surface area (Å²) in [6.45, 7) is 2.18. The minimum Gasteiger partial charge on any atom is -0.403 e. The molecule has 9 heteroatoms. The number of unbranched alkanes of at least 4 members (excludes halogenated alkanes) is 2. The van der Waals surface area contributed by atoms with Crippen molar-refractivity contribution in [1.29, 1.82) is 0 Å². The van der Waals surface area contributed by atoms with E-state index in [1.807, 2.05) is 6.07 Å². The average molecular weight is 657 g/mol. The Kier molecular flexibility index (Phi) is 11.6. The van der Waals surface area contributed by atoms with Crippen LogP contribution in [0.25, 0.3) is 11.1 Å². The minimum atomic E-state index is -5.02. The van der Waals surface area contributed by atoms with Gasteiger partial charge in [0.15, 0.2) is 11.6 Å². The van der Waals surface area contributed by atoms with E-state index >= 15 is 13.2 Å². The zero-order valence-corrected chi connectivity index (χ0v) is 26.7. The van der Waals surface area contributed by atoms with Gasteiger partial charge in [0.1, 0.15) is 5.82 Å². The second-order valence-corrected chi connectivity index (χ2v) is 14.0. The summed E-state index contributed by atoms with van der Waals surface area (Å²) in [6, 6.07) is 7.69. The van der Waals surface area contributed by atoms with Crippen LogP contribution >= 0.6 is 0 Å². The highest BCUT2D eigenvalue weighted by Gasteiger charge is 2.45. The van der Waals surface area contributed by atoms with E-state index in [0.717, 1.165) is 75.5 Å². The molecule has 2 aromatic rings. The zero-order valence-electron chi connectivity index (χ0n) is 26.7. The van der Waals surface area contributed by atoms with E-state index in [1.165, 1.54) is 31.4 Å². The fourth-order valence-electron chi connectivity index (χ4n) is 8.29. The fourth-order valence-corrected chi connectivity index (χ4v) is 8.29. The quantitative estimate of drug-likeness (QED) is 0.177. The van der Waals surface area contributed by atoms with Crippen LogP contribution in [0.4, 0.5) is 30.7 Å². The van der Waals surface area contributed by atoms with Crippen molar-refractivity contribution in [3.8, 4) is 16.9 Å². The van der Waals surface area contributed by atoms with Gasteiger partial charge in [-0.05, 0) is 130 Å². The molecule has 0 bridgehead atoms. The molecule has 0 N–H and O–H groups in total. The number of hydrogen-bond acceptors (Lipinski definition) is 2. The van der Waals surface area contributed by atoms with Crippen molar-refractivity contribution in [2.45, 2.75) is 134 Å². The van der Waals surface area contributed by atoms with Crippen molar-refractivity contribution >= 4 is 0 Å². The van der Waals surface area contributed by atoms with E-state index in [9.17, 15) is 17.6 Å². The van der Waals surface area contributed by atoms with Gasteiger partial charge in [0.2, 0.25) is 0 Å². The molecular formula is C37H47F7O2. The topological polar surface area (TPSA) is 18.5 Å². The summed E-state index contributed by atoms with van der Waals surface area (Å²) in [7, 11) is 0. The summed E-state index contributed by atoms with van der Waals surface area (Å²) >= 11 is 0. The van der Waals surface area contributed by atoms with E-state index in [2.05, 4.69) is 11.7 Å². The standard InChI is InChI=1S/C37H47F7O2/c1-2-3-4-5-24-6-16-30(17-7-24)36(40,41)45-31-18-12-26(13-19-31)25-8-10-27(11-9-25)28-14-20-32(33(38)22-28)29-15-21-35(34(39)23-29)46-37(42,43)44/h14-15,20-27,30-31H,2-13,16-19H2,1H3. The fraction of sp³-hybridized carbons (Fsp3) is 0.676. The third-order valence-corrected chi connectivity index (χ3v) is 11.0. The van der Waals surface area contributed by atoms with Crippen molar-refractivity contribution in [3.63, 3.8) is 0 Å². The van der Waals surface area contributed by atoms with Crippen molar-refractivity contribution in [2.24, 2.45) is 23.7 Å². The molecule has 3 saturated carbocycles. The molecule has 0 saturated heterocycles. The molecule has 0 unspecified atom stereocenters. The average Bonchev–Trinajstić information content (AvgIpc) is 3.02. The molecule has 0 aliphatic heterocycles. The Balaban J connectivity index is 1.06. The van der Waals surface area contributed by atoms with Crippen LogP contribution in [0.5, 0.6) is 5.75 Å². The Morgan fingerprint density at radius 2 is 1.35 bits per heavy atom. The Morgan fingerprint density at radius 3 is 1.93 bits per heavy atom. The molecule has 0 spiro atoms. The Morgan fingerprint density at radius 1 is 0.696 bits per heavy atom. The van der Waals surface area contributed by atoms with E-state index in [-0.39, 0.29) is 23.1 Å². The van der Waals surface area contributed by atoms with E-state index in [1.54, 1.807) is 6.07 Å². The molecule has 3 aliphatic carbocycles. The minimum absolute atomic E-state index is 0.106. The van der Waals surface area contributed by atoms with Gasteiger partial charge in [0.25, 0.3) is 0 Å². The van der Waals surface area contributed by atoms with Crippen LogP contribution in [-0.4, -0.2) is 18.6 Å². The van der Waals surface area contributed by atoms with E-state index in [4.69, 9.17) is 4.74 Å². The van der Waals surface area contributed by atoms with Crippen LogP contribution in [0.3, 0.4) is 0 Å². The molecule has 2 nitrogen and oxygen atoms in total. The van der Waals surface area contributed by atoms with Gasteiger partial charge in [-0.1, -0.05) is 50.8 Å². The number of benzene rings is 2. The molecular weight excluding hydrogens is 609 g/mol. The van der Waals surface area contributed by atoms with Crippen LogP contribution in [-0.2, 0) is 4.74 Å². The maximum Gasteiger partial charge on any atom is 0.573 e. The van der Waals surface area contributed by atoms with Gasteiger partial charge in [0.05, 0.1) is 12.0 Å². The van der Waals surface area contributed by atoms with Crippen LogP contribution in [0.15, 0.2) is 36.4 Å². The van der Waals surface area contributed by atoms with Crippen molar-refractivity contribution in [3.05, 3.63) is 53.6 Å². The maximum absolute atomic E-state index is 15.1. The highest BCUT2D eigenvalue weighted by Crippen LogP contribution is 2.46. The molecule has 46 heavy (non-hydrogen) atoms. The van der Waals surface area contributed by atoms with Gasteiger partial charge in [-0.25, -0.2) is 8.78 Å². The predicted molar refractivity (Wildman–Crippen MR) is 165 cm³/mol. The first-order valence-electron chi connectivity index (χ1n) is 17.3.